The quantitative estimate of drug-likeness (QED) is 0.467. The lowest BCUT2D eigenvalue weighted by molar-refractivity contribution is -0.192. The van der Waals surface area contributed by atoms with Crippen molar-refractivity contribution >= 4 is 55.6 Å². The molecular formula is C11H10Br2F3NO6. The summed E-state index contributed by atoms with van der Waals surface area (Å²) in [6.45, 7) is -0.0833. The van der Waals surface area contributed by atoms with Gasteiger partial charge in [-0.2, -0.15) is 13.2 Å². The molecular weight excluding hydrogens is 459 g/mol. The Hall–Kier alpha value is -1.43. The molecule has 0 saturated heterocycles. The van der Waals surface area contributed by atoms with Gasteiger partial charge in [-0.25, -0.2) is 4.79 Å². The van der Waals surface area contributed by atoms with E-state index >= 15 is 0 Å². The van der Waals surface area contributed by atoms with E-state index in [1.807, 2.05) is 0 Å². The third-order valence-electron chi connectivity index (χ3n) is 2.43. The van der Waals surface area contributed by atoms with E-state index in [0.29, 0.717) is 21.8 Å². The number of carbonyl (C=O) groups is 4. The van der Waals surface area contributed by atoms with Crippen molar-refractivity contribution in [1.82, 2.24) is 4.90 Å². The Kier molecular flexibility index (Phi) is 8.45. The Morgan fingerprint density at radius 1 is 1.00 bits per heavy atom. The molecule has 12 heteroatoms. The molecule has 7 nitrogen and oxygen atoms in total. The lowest BCUT2D eigenvalue weighted by atomic mass is 10.2. The number of nitrogens with zero attached hydrogens (tertiary/aromatic N) is 1. The van der Waals surface area contributed by atoms with Crippen LogP contribution in [0.3, 0.4) is 0 Å². The maximum absolute atomic E-state index is 11.7. The molecule has 1 aliphatic heterocycles. The zero-order valence-electron chi connectivity index (χ0n) is 11.2. The molecule has 1 aliphatic rings. The van der Waals surface area contributed by atoms with E-state index in [9.17, 15) is 27.6 Å². The Balaban J connectivity index is 0.000000585. The highest BCUT2D eigenvalue weighted by Crippen LogP contribution is 2.23. The molecule has 0 aromatic heterocycles. The zero-order valence-corrected chi connectivity index (χ0v) is 14.4. The van der Waals surface area contributed by atoms with Gasteiger partial charge in [0.25, 0.3) is 11.8 Å². The van der Waals surface area contributed by atoms with Gasteiger partial charge in [-0.3, -0.25) is 19.3 Å². The van der Waals surface area contributed by atoms with Gasteiger partial charge in [-0.05, 0) is 0 Å². The van der Waals surface area contributed by atoms with E-state index in [0.717, 1.165) is 4.90 Å². The average molecular weight is 469 g/mol. The zero-order chi connectivity index (χ0) is 18.4. The molecule has 1 heterocycles. The molecule has 2 amide bonds. The number of aliphatic carboxylic acids is 2. The average Bonchev–Trinajstić information content (AvgIpc) is 2.66. The van der Waals surface area contributed by atoms with Crippen LogP contribution in [0.4, 0.5) is 13.2 Å². The third-order valence-corrected chi connectivity index (χ3v) is 3.55. The molecule has 0 aromatic carbocycles. The van der Waals surface area contributed by atoms with Crippen LogP contribution in [0.1, 0.15) is 6.42 Å². The fraction of sp³-hybridized carbons (Fsp3) is 0.455. The van der Waals surface area contributed by atoms with Crippen molar-refractivity contribution in [1.29, 1.82) is 0 Å². The molecule has 0 radical (unpaired) electrons. The summed E-state index contributed by atoms with van der Waals surface area (Å²) in [6.07, 6.45) is -5.32. The van der Waals surface area contributed by atoms with E-state index in [1.165, 1.54) is 0 Å². The van der Waals surface area contributed by atoms with E-state index in [1.54, 1.807) is 0 Å². The first-order chi connectivity index (χ1) is 10.5. The normalized spacial score (nSPS) is 14.7. The first kappa shape index (κ1) is 21.6. The van der Waals surface area contributed by atoms with Gasteiger partial charge in [-0.15, -0.1) is 0 Å². The van der Waals surface area contributed by atoms with E-state index in [2.05, 4.69) is 31.9 Å². The minimum absolute atomic E-state index is 0.0833. The van der Waals surface area contributed by atoms with Gasteiger partial charge in [0.2, 0.25) is 0 Å². The Morgan fingerprint density at radius 3 is 1.57 bits per heavy atom. The van der Waals surface area contributed by atoms with Gasteiger partial charge in [-0.1, -0.05) is 31.9 Å². The van der Waals surface area contributed by atoms with Gasteiger partial charge in [0.1, 0.15) is 0 Å². The summed E-state index contributed by atoms with van der Waals surface area (Å²) >= 11 is 6.28. The monoisotopic (exact) mass is 467 g/mol. The standard InChI is InChI=1S/C9H9Br2NO4.C2HF3O2/c10-3-5-6(4-11)9(16)12(8(5)15)2-1-7(13)14;3-2(4,5)1(6)7/h1-4H2,(H,13,14);(H,6,7). The highest BCUT2D eigenvalue weighted by Gasteiger charge is 2.38. The van der Waals surface area contributed by atoms with E-state index in [4.69, 9.17) is 15.0 Å². The van der Waals surface area contributed by atoms with Crippen molar-refractivity contribution in [2.24, 2.45) is 0 Å². The predicted octanol–water partition coefficient (Wildman–Crippen LogP) is 1.55. The van der Waals surface area contributed by atoms with Gasteiger partial charge in [0.05, 0.1) is 6.42 Å². The molecule has 130 valence electrons. The highest BCUT2D eigenvalue weighted by atomic mass is 79.9. The van der Waals surface area contributed by atoms with Gasteiger partial charge < -0.3 is 10.2 Å². The van der Waals surface area contributed by atoms with Crippen LogP contribution in [-0.2, 0) is 19.2 Å². The molecule has 0 aliphatic carbocycles. The SMILES string of the molecule is O=C(O)C(F)(F)F.O=C(O)CCN1C(=O)C(CBr)=C(CBr)C1=O. The van der Waals surface area contributed by atoms with Crippen LogP contribution in [0.15, 0.2) is 11.1 Å². The summed E-state index contributed by atoms with van der Waals surface area (Å²) in [7, 11) is 0. The van der Waals surface area contributed by atoms with Crippen LogP contribution in [0.25, 0.3) is 0 Å². The molecule has 0 bridgehead atoms. The summed E-state index contributed by atoms with van der Waals surface area (Å²) in [5.41, 5.74) is 0.791. The Bertz CT molecular complexity index is 520. The molecule has 2 N–H and O–H groups in total. The number of carboxylic acid groups (broad SMARTS) is 2. The summed E-state index contributed by atoms with van der Waals surface area (Å²) in [5.74, 6) is -4.60. The van der Waals surface area contributed by atoms with Crippen LogP contribution in [-0.4, -0.2) is 62.2 Å². The number of carboxylic acids is 2. The van der Waals surface area contributed by atoms with Crippen molar-refractivity contribution in [3.05, 3.63) is 11.1 Å². The molecule has 0 unspecified atom stereocenters. The summed E-state index contributed by atoms with van der Waals surface area (Å²) in [4.78, 5) is 43.7. The van der Waals surface area contributed by atoms with Crippen molar-refractivity contribution in [3.8, 4) is 0 Å². The Labute approximate surface area is 144 Å². The maximum Gasteiger partial charge on any atom is 0.490 e. The number of amides is 2. The largest absolute Gasteiger partial charge is 0.490 e. The first-order valence-electron chi connectivity index (χ1n) is 5.69. The number of imide groups is 1. The second-order valence-electron chi connectivity index (χ2n) is 3.93. The molecule has 0 saturated carbocycles. The summed E-state index contributed by atoms with van der Waals surface area (Å²) < 4.78 is 31.7. The fourth-order valence-electron chi connectivity index (χ4n) is 1.36. The van der Waals surface area contributed by atoms with Gasteiger partial charge >= 0.3 is 18.1 Å². The van der Waals surface area contributed by atoms with E-state index < -0.39 is 29.9 Å². The van der Waals surface area contributed by atoms with Crippen LogP contribution < -0.4 is 0 Å². The van der Waals surface area contributed by atoms with Gasteiger partial charge in [0, 0.05) is 28.4 Å². The van der Waals surface area contributed by atoms with Crippen LogP contribution in [0, 0.1) is 0 Å². The molecule has 0 fully saturated rings. The molecule has 23 heavy (non-hydrogen) atoms. The van der Waals surface area contributed by atoms with Crippen molar-refractivity contribution < 1.29 is 42.6 Å². The number of alkyl halides is 5. The lowest BCUT2D eigenvalue weighted by Crippen LogP contribution is -2.34. The molecule has 0 atom stereocenters. The molecule has 0 spiro atoms. The third kappa shape index (κ3) is 6.29. The minimum Gasteiger partial charge on any atom is -0.481 e. The van der Waals surface area contributed by atoms with Crippen molar-refractivity contribution in [3.63, 3.8) is 0 Å². The van der Waals surface area contributed by atoms with Crippen LogP contribution >= 0.6 is 31.9 Å². The first-order valence-corrected chi connectivity index (χ1v) is 7.93. The van der Waals surface area contributed by atoms with Crippen molar-refractivity contribution in [2.75, 3.05) is 17.2 Å². The van der Waals surface area contributed by atoms with Gasteiger partial charge in [0.15, 0.2) is 0 Å². The minimum atomic E-state index is -5.08. The summed E-state index contributed by atoms with van der Waals surface area (Å²) in [5, 5.41) is 16.2. The summed E-state index contributed by atoms with van der Waals surface area (Å²) in [6, 6.07) is 0. The Morgan fingerprint density at radius 2 is 1.35 bits per heavy atom. The number of hydrogen-bond acceptors (Lipinski definition) is 4. The molecule has 1 rings (SSSR count). The second-order valence-corrected chi connectivity index (χ2v) is 5.05. The fourth-order valence-corrected chi connectivity index (χ4v) is 2.52. The predicted molar refractivity (Wildman–Crippen MR) is 77.3 cm³/mol. The number of halogens is 5. The smallest absolute Gasteiger partial charge is 0.481 e. The highest BCUT2D eigenvalue weighted by molar-refractivity contribution is 9.09. The van der Waals surface area contributed by atoms with Crippen molar-refractivity contribution in [2.45, 2.75) is 12.6 Å². The van der Waals surface area contributed by atoms with Crippen LogP contribution in [0.2, 0.25) is 0 Å². The second kappa shape index (κ2) is 9.01. The number of carbonyl (C=O) groups excluding carboxylic acids is 2. The number of rotatable bonds is 5. The van der Waals surface area contributed by atoms with Crippen LogP contribution in [0.5, 0.6) is 0 Å². The topological polar surface area (TPSA) is 112 Å². The molecule has 0 aromatic rings. The lowest BCUT2D eigenvalue weighted by Gasteiger charge is -2.13. The number of hydrogen-bond donors (Lipinski definition) is 2. The maximum atomic E-state index is 11.7. The van der Waals surface area contributed by atoms with E-state index in [-0.39, 0.29) is 13.0 Å².